The number of hydrogen-bond acceptors (Lipinski definition) is 4. The zero-order chi connectivity index (χ0) is 21.3. The number of amides is 1. The monoisotopic (exact) mass is 427 g/mol. The molecule has 1 amide bonds. The van der Waals surface area contributed by atoms with Crippen molar-refractivity contribution in [3.8, 4) is 0 Å². The smallest absolute Gasteiger partial charge is 0.337 e. The Morgan fingerprint density at radius 1 is 1.03 bits per heavy atom. The van der Waals surface area contributed by atoms with Gasteiger partial charge in [-0.3, -0.25) is 4.79 Å². The fourth-order valence-electron chi connectivity index (χ4n) is 4.05. The number of hydrogen-bond donors (Lipinski definition) is 2. The molecule has 1 aliphatic heterocycles. The van der Waals surface area contributed by atoms with Crippen molar-refractivity contribution in [3.05, 3.63) is 52.5 Å². The molecule has 0 bridgehead atoms. The molecule has 30 heavy (non-hydrogen) atoms. The summed E-state index contributed by atoms with van der Waals surface area (Å²) < 4.78 is 0. The van der Waals surface area contributed by atoms with Crippen LogP contribution in [0.4, 0.5) is 17.1 Å². The van der Waals surface area contributed by atoms with Gasteiger partial charge in [-0.25, -0.2) is 4.79 Å². The van der Waals surface area contributed by atoms with Gasteiger partial charge in [0.15, 0.2) is 0 Å². The second-order valence-electron chi connectivity index (χ2n) is 8.06. The van der Waals surface area contributed by atoms with Gasteiger partial charge in [0.2, 0.25) is 5.91 Å². The molecule has 2 aliphatic rings. The van der Waals surface area contributed by atoms with Crippen LogP contribution < -0.4 is 15.1 Å². The predicted octanol–water partition coefficient (Wildman–Crippen LogP) is 4.41. The first kappa shape index (κ1) is 20.5. The molecule has 1 saturated carbocycles. The molecule has 4 rings (SSSR count). The highest BCUT2D eigenvalue weighted by molar-refractivity contribution is 6.30. The van der Waals surface area contributed by atoms with Crippen molar-refractivity contribution in [3.63, 3.8) is 0 Å². The van der Waals surface area contributed by atoms with E-state index in [-0.39, 0.29) is 17.4 Å². The SMILES string of the molecule is Cc1ccc(Cl)cc1N1CCN(c2ccc(NC(=O)C3CCC3)c(C(=O)O)c2)CC1. The molecule has 1 saturated heterocycles. The lowest BCUT2D eigenvalue weighted by Gasteiger charge is -2.38. The average molecular weight is 428 g/mol. The number of anilines is 3. The molecule has 7 heteroatoms. The van der Waals surface area contributed by atoms with Crippen molar-refractivity contribution in [1.82, 2.24) is 0 Å². The Bertz CT molecular complexity index is 966. The first-order valence-electron chi connectivity index (χ1n) is 10.4. The summed E-state index contributed by atoms with van der Waals surface area (Å²) in [6.45, 7) is 5.28. The van der Waals surface area contributed by atoms with Crippen LogP contribution in [-0.4, -0.2) is 43.2 Å². The van der Waals surface area contributed by atoms with Gasteiger partial charge in [-0.15, -0.1) is 0 Å². The molecule has 158 valence electrons. The maximum Gasteiger partial charge on any atom is 0.337 e. The van der Waals surface area contributed by atoms with Gasteiger partial charge in [0.1, 0.15) is 0 Å². The van der Waals surface area contributed by atoms with E-state index in [4.69, 9.17) is 11.6 Å². The summed E-state index contributed by atoms with van der Waals surface area (Å²) in [6, 6.07) is 11.2. The molecule has 1 aliphatic carbocycles. The maximum absolute atomic E-state index is 12.2. The number of benzene rings is 2. The van der Waals surface area contributed by atoms with E-state index in [9.17, 15) is 14.7 Å². The van der Waals surface area contributed by atoms with Gasteiger partial charge in [-0.05, 0) is 55.7 Å². The highest BCUT2D eigenvalue weighted by atomic mass is 35.5. The molecule has 0 radical (unpaired) electrons. The van der Waals surface area contributed by atoms with Gasteiger partial charge in [0.25, 0.3) is 0 Å². The summed E-state index contributed by atoms with van der Waals surface area (Å²) >= 11 is 6.17. The number of rotatable bonds is 5. The minimum atomic E-state index is -1.03. The van der Waals surface area contributed by atoms with Crippen LogP contribution >= 0.6 is 11.6 Å². The van der Waals surface area contributed by atoms with E-state index >= 15 is 0 Å². The molecule has 2 aromatic carbocycles. The Labute approximate surface area is 181 Å². The lowest BCUT2D eigenvalue weighted by atomic mass is 9.85. The van der Waals surface area contributed by atoms with Crippen LogP contribution in [0.15, 0.2) is 36.4 Å². The molecule has 0 atom stereocenters. The van der Waals surface area contributed by atoms with Crippen LogP contribution in [0.2, 0.25) is 5.02 Å². The number of nitrogens with one attached hydrogen (secondary N) is 1. The molecule has 2 N–H and O–H groups in total. The zero-order valence-corrected chi connectivity index (χ0v) is 17.8. The first-order valence-corrected chi connectivity index (χ1v) is 10.7. The molecule has 2 aromatic rings. The van der Waals surface area contributed by atoms with Crippen molar-refractivity contribution in [2.45, 2.75) is 26.2 Å². The predicted molar refractivity (Wildman–Crippen MR) is 120 cm³/mol. The second kappa shape index (κ2) is 8.56. The number of carboxylic acid groups (broad SMARTS) is 1. The minimum Gasteiger partial charge on any atom is -0.478 e. The number of nitrogens with zero attached hydrogens (tertiary/aromatic N) is 2. The van der Waals surface area contributed by atoms with E-state index in [1.54, 1.807) is 12.1 Å². The van der Waals surface area contributed by atoms with Crippen LogP contribution in [0.3, 0.4) is 0 Å². The second-order valence-corrected chi connectivity index (χ2v) is 8.49. The number of aromatic carboxylic acids is 1. The van der Waals surface area contributed by atoms with E-state index in [0.717, 1.165) is 61.8 Å². The Balaban J connectivity index is 1.46. The number of carboxylic acids is 1. The van der Waals surface area contributed by atoms with Crippen molar-refractivity contribution < 1.29 is 14.7 Å². The van der Waals surface area contributed by atoms with Gasteiger partial charge in [-0.2, -0.15) is 0 Å². The third-order valence-corrected chi connectivity index (χ3v) is 6.36. The lowest BCUT2D eigenvalue weighted by molar-refractivity contribution is -0.122. The van der Waals surface area contributed by atoms with E-state index in [2.05, 4.69) is 22.0 Å². The topological polar surface area (TPSA) is 72.9 Å². The van der Waals surface area contributed by atoms with Crippen LogP contribution in [0.5, 0.6) is 0 Å². The van der Waals surface area contributed by atoms with Crippen molar-refractivity contribution in [2.24, 2.45) is 5.92 Å². The Morgan fingerprint density at radius 2 is 1.73 bits per heavy atom. The average Bonchev–Trinajstić information content (AvgIpc) is 2.69. The van der Waals surface area contributed by atoms with Crippen molar-refractivity contribution in [2.75, 3.05) is 41.3 Å². The van der Waals surface area contributed by atoms with Gasteiger partial charge < -0.3 is 20.2 Å². The fourth-order valence-corrected chi connectivity index (χ4v) is 4.22. The molecule has 2 fully saturated rings. The van der Waals surface area contributed by atoms with Crippen LogP contribution in [0, 0.1) is 12.8 Å². The van der Waals surface area contributed by atoms with E-state index in [1.165, 1.54) is 5.56 Å². The quantitative estimate of drug-likeness (QED) is 0.739. The number of aryl methyl sites for hydroxylation is 1. The maximum atomic E-state index is 12.2. The molecule has 0 spiro atoms. The minimum absolute atomic E-state index is 0.00865. The third kappa shape index (κ3) is 4.24. The summed E-state index contributed by atoms with van der Waals surface area (Å²) in [6.07, 6.45) is 2.81. The number of halogens is 1. The van der Waals surface area contributed by atoms with E-state index in [0.29, 0.717) is 5.69 Å². The summed E-state index contributed by atoms with van der Waals surface area (Å²) in [5, 5.41) is 13.2. The molecular formula is C23H26ClN3O3. The Morgan fingerprint density at radius 3 is 2.37 bits per heavy atom. The Hall–Kier alpha value is -2.73. The van der Waals surface area contributed by atoms with Gasteiger partial charge in [0.05, 0.1) is 11.3 Å². The highest BCUT2D eigenvalue weighted by Crippen LogP contribution is 2.31. The van der Waals surface area contributed by atoms with E-state index < -0.39 is 5.97 Å². The summed E-state index contributed by atoms with van der Waals surface area (Å²) in [4.78, 5) is 28.5. The Kier molecular flexibility index (Phi) is 5.86. The van der Waals surface area contributed by atoms with Gasteiger partial charge >= 0.3 is 5.97 Å². The molecular weight excluding hydrogens is 402 g/mol. The number of carbonyl (C=O) groups is 2. The first-order chi connectivity index (χ1) is 14.4. The number of carbonyl (C=O) groups excluding carboxylic acids is 1. The van der Waals surface area contributed by atoms with Crippen LogP contribution in [0.25, 0.3) is 0 Å². The van der Waals surface area contributed by atoms with Crippen LogP contribution in [-0.2, 0) is 4.79 Å². The zero-order valence-electron chi connectivity index (χ0n) is 17.0. The number of piperazine rings is 1. The fraction of sp³-hybridized carbons (Fsp3) is 0.391. The van der Waals surface area contributed by atoms with Crippen LogP contribution in [0.1, 0.15) is 35.2 Å². The van der Waals surface area contributed by atoms with Gasteiger partial charge in [-0.1, -0.05) is 24.1 Å². The molecule has 6 nitrogen and oxygen atoms in total. The normalized spacial score (nSPS) is 16.9. The van der Waals surface area contributed by atoms with Gasteiger partial charge in [0, 0.05) is 48.5 Å². The summed E-state index contributed by atoms with van der Waals surface area (Å²) in [5.41, 5.74) is 3.69. The standard InChI is InChI=1S/C23H26ClN3O3/c1-15-5-6-17(24)13-21(15)27-11-9-26(10-12-27)18-7-8-20(19(14-18)23(29)30)25-22(28)16-3-2-4-16/h5-8,13-14,16H,2-4,9-12H2,1H3,(H,25,28)(H,29,30). The molecule has 1 heterocycles. The lowest BCUT2D eigenvalue weighted by Crippen LogP contribution is -2.46. The largest absolute Gasteiger partial charge is 0.478 e. The van der Waals surface area contributed by atoms with E-state index in [1.807, 2.05) is 24.3 Å². The summed E-state index contributed by atoms with van der Waals surface area (Å²) in [7, 11) is 0. The third-order valence-electron chi connectivity index (χ3n) is 6.12. The highest BCUT2D eigenvalue weighted by Gasteiger charge is 2.27. The van der Waals surface area contributed by atoms with Crippen molar-refractivity contribution >= 4 is 40.5 Å². The summed E-state index contributed by atoms with van der Waals surface area (Å²) in [5.74, 6) is -1.11. The van der Waals surface area contributed by atoms with Crippen molar-refractivity contribution in [1.29, 1.82) is 0 Å². The molecule has 0 unspecified atom stereocenters. The molecule has 0 aromatic heterocycles.